The van der Waals surface area contributed by atoms with Crippen molar-refractivity contribution < 1.29 is 9.90 Å². The molecule has 3 heteroatoms. The Kier molecular flexibility index (Phi) is 3.56. The number of carboxylic acids is 1. The molecule has 0 aromatic heterocycles. The van der Waals surface area contributed by atoms with Crippen molar-refractivity contribution in [2.75, 3.05) is 13.1 Å². The summed E-state index contributed by atoms with van der Waals surface area (Å²) >= 11 is 0. The smallest absolute Gasteiger partial charge is 0.325 e. The summed E-state index contributed by atoms with van der Waals surface area (Å²) in [6.45, 7) is 1.89. The highest BCUT2D eigenvalue weighted by Gasteiger charge is 2.35. The van der Waals surface area contributed by atoms with E-state index in [-0.39, 0.29) is 0 Å². The van der Waals surface area contributed by atoms with Crippen LogP contribution >= 0.6 is 0 Å². The molecule has 2 aliphatic carbocycles. The van der Waals surface area contributed by atoms with Gasteiger partial charge in [0.05, 0.1) is 0 Å². The predicted octanol–water partition coefficient (Wildman–Crippen LogP) is 2.93. The fourth-order valence-corrected chi connectivity index (χ4v) is 2.69. The van der Waals surface area contributed by atoms with Crippen LogP contribution < -0.4 is 0 Å². The average molecular weight is 259 g/mol. The maximum atomic E-state index is 11.7. The van der Waals surface area contributed by atoms with E-state index in [2.05, 4.69) is 4.90 Å². The van der Waals surface area contributed by atoms with E-state index in [1.165, 1.54) is 25.7 Å². The molecule has 1 unspecified atom stereocenters. The number of aliphatic carboxylic acids is 1. The third-order valence-corrected chi connectivity index (χ3v) is 4.09. The summed E-state index contributed by atoms with van der Waals surface area (Å²) in [5.41, 5.74) is 0.913. The van der Waals surface area contributed by atoms with Crippen LogP contribution in [-0.2, 0) is 4.79 Å². The molecule has 1 N–H and O–H groups in total. The van der Waals surface area contributed by atoms with Gasteiger partial charge in [0, 0.05) is 13.1 Å². The number of nitrogens with zero attached hydrogens (tertiary/aromatic N) is 1. The molecule has 2 aliphatic rings. The molecule has 3 rings (SSSR count). The molecule has 1 atom stereocenters. The zero-order chi connectivity index (χ0) is 13.2. The molecule has 0 aliphatic heterocycles. The van der Waals surface area contributed by atoms with E-state index < -0.39 is 12.0 Å². The molecule has 102 valence electrons. The molecule has 1 aromatic carbocycles. The van der Waals surface area contributed by atoms with Crippen LogP contribution in [0.3, 0.4) is 0 Å². The summed E-state index contributed by atoms with van der Waals surface area (Å²) in [6.07, 6.45) is 5.06. The predicted molar refractivity (Wildman–Crippen MR) is 73.8 cm³/mol. The topological polar surface area (TPSA) is 40.5 Å². The van der Waals surface area contributed by atoms with Gasteiger partial charge in [-0.1, -0.05) is 30.3 Å². The summed E-state index contributed by atoms with van der Waals surface area (Å²) in [7, 11) is 0. The standard InChI is InChI=1S/C16H21NO2/c18-16(19)15(14-4-2-1-3-5-14)17(10-12-6-7-12)11-13-8-9-13/h1-5,12-13,15H,6-11H2,(H,18,19). The van der Waals surface area contributed by atoms with Crippen molar-refractivity contribution in [2.45, 2.75) is 31.7 Å². The van der Waals surface area contributed by atoms with Crippen molar-refractivity contribution in [3.05, 3.63) is 35.9 Å². The lowest BCUT2D eigenvalue weighted by Gasteiger charge is -2.29. The summed E-state index contributed by atoms with van der Waals surface area (Å²) in [4.78, 5) is 13.9. The molecular weight excluding hydrogens is 238 g/mol. The van der Waals surface area contributed by atoms with Gasteiger partial charge in [-0.3, -0.25) is 9.69 Å². The van der Waals surface area contributed by atoms with E-state index >= 15 is 0 Å². The Balaban J connectivity index is 1.79. The Morgan fingerprint density at radius 1 is 1.11 bits per heavy atom. The first-order chi connectivity index (χ1) is 9.24. The highest BCUT2D eigenvalue weighted by atomic mass is 16.4. The summed E-state index contributed by atoms with van der Waals surface area (Å²) in [5, 5.41) is 9.62. The maximum absolute atomic E-state index is 11.7. The largest absolute Gasteiger partial charge is 0.480 e. The first-order valence-electron chi connectivity index (χ1n) is 7.26. The summed E-state index contributed by atoms with van der Waals surface area (Å²) < 4.78 is 0. The molecule has 2 saturated carbocycles. The van der Waals surface area contributed by atoms with Gasteiger partial charge in [0.15, 0.2) is 0 Å². The fourth-order valence-electron chi connectivity index (χ4n) is 2.69. The minimum Gasteiger partial charge on any atom is -0.480 e. The molecule has 1 aromatic rings. The molecule has 0 radical (unpaired) electrons. The molecule has 19 heavy (non-hydrogen) atoms. The van der Waals surface area contributed by atoms with Crippen molar-refractivity contribution in [1.29, 1.82) is 0 Å². The lowest BCUT2D eigenvalue weighted by Crippen LogP contribution is -2.37. The van der Waals surface area contributed by atoms with Crippen LogP contribution in [0.2, 0.25) is 0 Å². The molecule has 0 spiro atoms. The Hall–Kier alpha value is -1.35. The van der Waals surface area contributed by atoms with Gasteiger partial charge in [0.1, 0.15) is 6.04 Å². The van der Waals surface area contributed by atoms with E-state index in [4.69, 9.17) is 0 Å². The van der Waals surface area contributed by atoms with Gasteiger partial charge >= 0.3 is 5.97 Å². The van der Waals surface area contributed by atoms with Crippen LogP contribution in [-0.4, -0.2) is 29.1 Å². The summed E-state index contributed by atoms with van der Waals surface area (Å²) in [5.74, 6) is 0.737. The first-order valence-corrected chi connectivity index (χ1v) is 7.26. The van der Waals surface area contributed by atoms with E-state index in [1.54, 1.807) is 0 Å². The highest BCUT2D eigenvalue weighted by molar-refractivity contribution is 5.75. The van der Waals surface area contributed by atoms with Gasteiger partial charge in [0.2, 0.25) is 0 Å². The van der Waals surface area contributed by atoms with Gasteiger partial charge in [0.25, 0.3) is 0 Å². The normalized spacial score (nSPS) is 20.5. The first kappa shape index (κ1) is 12.7. The molecule has 0 bridgehead atoms. The lowest BCUT2D eigenvalue weighted by atomic mass is 10.0. The van der Waals surface area contributed by atoms with Gasteiger partial charge in [-0.15, -0.1) is 0 Å². The molecule has 0 amide bonds. The Labute approximate surface area is 114 Å². The van der Waals surface area contributed by atoms with E-state index in [1.807, 2.05) is 30.3 Å². The quantitative estimate of drug-likeness (QED) is 0.818. The number of rotatable bonds is 7. The lowest BCUT2D eigenvalue weighted by molar-refractivity contribution is -0.143. The Morgan fingerprint density at radius 2 is 1.63 bits per heavy atom. The van der Waals surface area contributed by atoms with Gasteiger partial charge in [-0.05, 0) is 43.1 Å². The highest BCUT2D eigenvalue weighted by Crippen LogP contribution is 2.37. The molecule has 0 heterocycles. The van der Waals surface area contributed by atoms with E-state index in [9.17, 15) is 9.90 Å². The number of hydrogen-bond donors (Lipinski definition) is 1. The zero-order valence-electron chi connectivity index (χ0n) is 11.2. The van der Waals surface area contributed by atoms with Crippen LogP contribution in [0.4, 0.5) is 0 Å². The minimum atomic E-state index is -0.715. The molecule has 2 fully saturated rings. The van der Waals surface area contributed by atoms with Crippen molar-refractivity contribution in [3.8, 4) is 0 Å². The van der Waals surface area contributed by atoms with Crippen LogP contribution in [0.15, 0.2) is 30.3 Å². The third kappa shape index (κ3) is 3.35. The number of carbonyl (C=O) groups is 1. The van der Waals surface area contributed by atoms with Gasteiger partial charge < -0.3 is 5.11 Å². The SMILES string of the molecule is O=C(O)C(c1ccccc1)N(CC1CC1)CC1CC1. The van der Waals surface area contributed by atoms with E-state index in [0.717, 1.165) is 30.5 Å². The van der Waals surface area contributed by atoms with Crippen molar-refractivity contribution in [1.82, 2.24) is 4.90 Å². The molecular formula is C16H21NO2. The van der Waals surface area contributed by atoms with E-state index in [0.29, 0.717) is 0 Å². The van der Waals surface area contributed by atoms with Crippen LogP contribution in [0.25, 0.3) is 0 Å². The average Bonchev–Trinajstić information content (AvgIpc) is 3.26. The minimum absolute atomic E-state index is 0.470. The van der Waals surface area contributed by atoms with Crippen molar-refractivity contribution in [3.63, 3.8) is 0 Å². The summed E-state index contributed by atoms with van der Waals surface area (Å²) in [6, 6.07) is 9.20. The number of benzene rings is 1. The number of hydrogen-bond acceptors (Lipinski definition) is 2. The second kappa shape index (κ2) is 5.33. The molecule has 3 nitrogen and oxygen atoms in total. The monoisotopic (exact) mass is 259 g/mol. The fraction of sp³-hybridized carbons (Fsp3) is 0.562. The van der Waals surface area contributed by atoms with Crippen LogP contribution in [0, 0.1) is 11.8 Å². The van der Waals surface area contributed by atoms with Crippen molar-refractivity contribution >= 4 is 5.97 Å². The zero-order valence-corrected chi connectivity index (χ0v) is 11.2. The Morgan fingerprint density at radius 3 is 2.05 bits per heavy atom. The maximum Gasteiger partial charge on any atom is 0.325 e. The Bertz CT molecular complexity index is 423. The van der Waals surface area contributed by atoms with Crippen LogP contribution in [0.1, 0.15) is 37.3 Å². The third-order valence-electron chi connectivity index (χ3n) is 4.09. The van der Waals surface area contributed by atoms with Gasteiger partial charge in [-0.25, -0.2) is 0 Å². The van der Waals surface area contributed by atoms with Gasteiger partial charge in [-0.2, -0.15) is 0 Å². The van der Waals surface area contributed by atoms with Crippen molar-refractivity contribution in [2.24, 2.45) is 11.8 Å². The molecule has 0 saturated heterocycles. The number of carboxylic acid groups (broad SMARTS) is 1. The van der Waals surface area contributed by atoms with Crippen LogP contribution in [0.5, 0.6) is 0 Å². The second-order valence-electron chi connectivity index (χ2n) is 5.99. The second-order valence-corrected chi connectivity index (χ2v) is 5.99.